The maximum Gasteiger partial charge on any atom is 0.187 e. The molecule has 0 aromatic heterocycles. The number of nitrogens with two attached hydrogens (primary N) is 3. The van der Waals surface area contributed by atoms with E-state index in [1.165, 1.54) is 6.92 Å². The summed E-state index contributed by atoms with van der Waals surface area (Å²) in [6.45, 7) is 0.446. The zero-order valence-corrected chi connectivity index (χ0v) is 28.1. The summed E-state index contributed by atoms with van der Waals surface area (Å²) >= 11 is 6.17. The Morgan fingerprint density at radius 1 is 0.600 bits per heavy atom. The molecule has 4 heterocycles. The molecule has 22 atom stereocenters. The van der Waals surface area contributed by atoms with Gasteiger partial charge in [0.05, 0.1) is 61.7 Å². The van der Waals surface area contributed by atoms with Gasteiger partial charge in [-0.1, -0.05) is 0 Å². The monoisotopic (exact) mass is 749 g/mol. The first-order chi connectivity index (χ1) is 23.7. The molecule has 0 aromatic rings. The highest BCUT2D eigenvalue weighted by Crippen LogP contribution is 2.36. The quantitative estimate of drug-likeness (QED) is 0.0873. The predicted octanol–water partition coefficient (Wildman–Crippen LogP) is -6.64. The Bertz CT molecular complexity index is 1080. The van der Waals surface area contributed by atoms with Crippen molar-refractivity contribution in [1.82, 2.24) is 0 Å². The van der Waals surface area contributed by atoms with E-state index < -0.39 is 141 Å². The third kappa shape index (κ3) is 8.41. The molecular formula is C29H52ClN3O17. The van der Waals surface area contributed by atoms with Crippen molar-refractivity contribution in [2.75, 3.05) is 19.1 Å². The van der Waals surface area contributed by atoms with E-state index in [0.717, 1.165) is 0 Å². The fraction of sp³-hybridized carbons (Fsp3) is 1.00. The molecule has 20 nitrogen and oxygen atoms in total. The average molecular weight is 750 g/mol. The van der Waals surface area contributed by atoms with E-state index in [2.05, 4.69) is 0 Å². The Kier molecular flexibility index (Phi) is 14.1. The van der Waals surface area contributed by atoms with Gasteiger partial charge in [0.1, 0.15) is 61.0 Å². The molecule has 21 heteroatoms. The molecule has 0 bridgehead atoms. The molecule has 50 heavy (non-hydrogen) atoms. The minimum absolute atomic E-state index is 0.106. The van der Waals surface area contributed by atoms with Crippen LogP contribution in [0.2, 0.25) is 0 Å². The number of halogens is 1. The van der Waals surface area contributed by atoms with E-state index in [1.54, 1.807) is 0 Å². The largest absolute Gasteiger partial charge is 0.394 e. The fourth-order valence-electron chi connectivity index (χ4n) is 6.93. The second-order valence-corrected chi connectivity index (χ2v) is 13.9. The molecule has 0 aromatic carbocycles. The van der Waals surface area contributed by atoms with Crippen LogP contribution in [-0.4, -0.2) is 200 Å². The number of rotatable bonds is 11. The number of alkyl halides is 1. The molecular weight excluding hydrogens is 698 g/mol. The van der Waals surface area contributed by atoms with Crippen LogP contribution in [0, 0.1) is 0 Å². The Labute approximate surface area is 292 Å². The second-order valence-electron chi connectivity index (χ2n) is 13.6. The van der Waals surface area contributed by atoms with Crippen LogP contribution in [-0.2, 0) is 37.9 Å². The Balaban J connectivity index is 1.23. The molecule has 15 N–H and O–H groups in total. The third-order valence-electron chi connectivity index (χ3n) is 10.1. The maximum atomic E-state index is 11.3. The van der Waals surface area contributed by atoms with Crippen molar-refractivity contribution in [2.24, 2.45) is 17.2 Å². The molecule has 292 valence electrons. The maximum absolute atomic E-state index is 11.3. The van der Waals surface area contributed by atoms with Crippen LogP contribution in [0.3, 0.4) is 0 Å². The first-order valence-corrected chi connectivity index (χ1v) is 17.3. The molecule has 5 aliphatic rings. The molecule has 5 rings (SSSR count). The first-order valence-electron chi connectivity index (χ1n) is 16.7. The van der Waals surface area contributed by atoms with E-state index in [-0.39, 0.29) is 25.3 Å². The highest BCUT2D eigenvalue weighted by Gasteiger charge is 2.54. The summed E-state index contributed by atoms with van der Waals surface area (Å²) in [5, 5.41) is 93.4. The minimum atomic E-state index is -1.73. The SMILES string of the molecule is CC1OC(OC2C(CCl)OC(OC3C(OC4OC(CO)CC(O)C4N)CCC(N)C3O)C2O)C(N)C(O)C1OC1OC(CO)C(O)C(O)C1O. The zero-order valence-electron chi connectivity index (χ0n) is 27.3. The Morgan fingerprint density at radius 2 is 1.22 bits per heavy atom. The molecule has 4 saturated heterocycles. The molecule has 1 saturated carbocycles. The number of ether oxygens (including phenoxy) is 8. The predicted molar refractivity (Wildman–Crippen MR) is 165 cm³/mol. The third-order valence-corrected chi connectivity index (χ3v) is 10.4. The van der Waals surface area contributed by atoms with E-state index in [9.17, 15) is 46.0 Å². The van der Waals surface area contributed by atoms with E-state index >= 15 is 0 Å². The van der Waals surface area contributed by atoms with Crippen LogP contribution in [0.1, 0.15) is 26.2 Å². The lowest BCUT2D eigenvalue weighted by molar-refractivity contribution is -0.347. The zero-order chi connectivity index (χ0) is 36.6. The second kappa shape index (κ2) is 17.3. The summed E-state index contributed by atoms with van der Waals surface area (Å²) in [6.07, 6.45) is -23.7. The van der Waals surface area contributed by atoms with Gasteiger partial charge >= 0.3 is 0 Å². The van der Waals surface area contributed by atoms with Crippen LogP contribution in [0.5, 0.6) is 0 Å². The molecule has 0 radical (unpaired) electrons. The van der Waals surface area contributed by atoms with Gasteiger partial charge in [0.2, 0.25) is 0 Å². The van der Waals surface area contributed by atoms with Gasteiger partial charge in [-0.2, -0.15) is 0 Å². The van der Waals surface area contributed by atoms with Crippen LogP contribution in [0.4, 0.5) is 0 Å². The van der Waals surface area contributed by atoms with Crippen LogP contribution in [0.25, 0.3) is 0 Å². The summed E-state index contributed by atoms with van der Waals surface area (Å²) in [5.74, 6) is -0.192. The van der Waals surface area contributed by atoms with Crippen molar-refractivity contribution in [3.05, 3.63) is 0 Å². The van der Waals surface area contributed by atoms with Gasteiger partial charge in [0.25, 0.3) is 0 Å². The molecule has 5 fully saturated rings. The van der Waals surface area contributed by atoms with Gasteiger partial charge in [-0.25, -0.2) is 0 Å². The van der Waals surface area contributed by atoms with Gasteiger partial charge in [0, 0.05) is 12.5 Å². The van der Waals surface area contributed by atoms with Crippen LogP contribution < -0.4 is 17.2 Å². The van der Waals surface area contributed by atoms with Gasteiger partial charge in [0.15, 0.2) is 25.2 Å². The average Bonchev–Trinajstić information content (AvgIpc) is 3.39. The van der Waals surface area contributed by atoms with E-state index in [4.69, 9.17) is 66.7 Å². The smallest absolute Gasteiger partial charge is 0.187 e. The molecule has 22 unspecified atom stereocenters. The van der Waals surface area contributed by atoms with Crippen molar-refractivity contribution < 1.29 is 83.9 Å². The standard InChI is InChI=1S/C29H52ClN3O17/c1-8-23(48-28-21(41)20(40)18(38)14(7-35)47-28)19(39)16(33)27(43-8)49-25-13(5-30)46-29(22(25)42)50-24-12(3-2-10(31)17(24)37)45-26-15(32)11(36)4-9(6-34)44-26/h8-29,34-42H,2-7,31-33H2,1H3. The van der Waals surface area contributed by atoms with Gasteiger partial charge in [-0.15, -0.1) is 11.6 Å². The van der Waals surface area contributed by atoms with E-state index in [0.29, 0.717) is 6.42 Å². The fourth-order valence-corrected chi connectivity index (χ4v) is 7.18. The van der Waals surface area contributed by atoms with Crippen molar-refractivity contribution in [3.63, 3.8) is 0 Å². The van der Waals surface area contributed by atoms with Crippen LogP contribution in [0.15, 0.2) is 0 Å². The molecule has 4 aliphatic heterocycles. The summed E-state index contributed by atoms with van der Waals surface area (Å²) in [4.78, 5) is 0. The van der Waals surface area contributed by atoms with Crippen LogP contribution >= 0.6 is 11.6 Å². The first kappa shape index (κ1) is 40.7. The van der Waals surface area contributed by atoms with Crippen molar-refractivity contribution >= 4 is 11.6 Å². The molecule has 0 spiro atoms. The molecule has 0 amide bonds. The van der Waals surface area contributed by atoms with Gasteiger partial charge in [-0.05, 0) is 19.8 Å². The summed E-state index contributed by atoms with van der Waals surface area (Å²) in [7, 11) is 0. The van der Waals surface area contributed by atoms with Gasteiger partial charge in [-0.3, -0.25) is 0 Å². The van der Waals surface area contributed by atoms with Crippen molar-refractivity contribution in [2.45, 2.75) is 161 Å². The van der Waals surface area contributed by atoms with Gasteiger partial charge < -0.3 is 101 Å². The summed E-state index contributed by atoms with van der Waals surface area (Å²) in [5.41, 5.74) is 18.5. The highest BCUT2D eigenvalue weighted by atomic mass is 35.5. The normalized spacial score (nSPS) is 53.4. The topological polar surface area (TPSA) is 334 Å². The number of hydrogen-bond acceptors (Lipinski definition) is 20. The number of aliphatic hydroxyl groups is 9. The summed E-state index contributed by atoms with van der Waals surface area (Å²) < 4.78 is 46.7. The number of hydrogen-bond donors (Lipinski definition) is 12. The highest BCUT2D eigenvalue weighted by molar-refractivity contribution is 6.18. The Hall–Kier alpha value is -0.510. The lowest BCUT2D eigenvalue weighted by Crippen LogP contribution is -2.66. The summed E-state index contributed by atoms with van der Waals surface area (Å²) in [6, 6.07) is -2.99. The molecule has 1 aliphatic carbocycles. The van der Waals surface area contributed by atoms with Crippen molar-refractivity contribution in [3.8, 4) is 0 Å². The lowest BCUT2D eigenvalue weighted by atomic mass is 9.87. The Morgan fingerprint density at radius 3 is 1.88 bits per heavy atom. The lowest BCUT2D eigenvalue weighted by Gasteiger charge is -2.46. The van der Waals surface area contributed by atoms with E-state index in [1.807, 2.05) is 0 Å². The van der Waals surface area contributed by atoms with Crippen molar-refractivity contribution in [1.29, 1.82) is 0 Å². The number of aliphatic hydroxyl groups excluding tert-OH is 9. The minimum Gasteiger partial charge on any atom is -0.394 e.